The molecule has 0 aliphatic carbocycles. The van der Waals surface area contributed by atoms with Gasteiger partial charge in [-0.05, 0) is 37.8 Å². The van der Waals surface area contributed by atoms with Gasteiger partial charge in [0.15, 0.2) is 5.54 Å². The van der Waals surface area contributed by atoms with Gasteiger partial charge in [-0.1, -0.05) is 0 Å². The Morgan fingerprint density at radius 2 is 1.88 bits per heavy atom. The van der Waals surface area contributed by atoms with Crippen LogP contribution in [0.5, 0.6) is 5.75 Å². The van der Waals surface area contributed by atoms with E-state index >= 15 is 0 Å². The van der Waals surface area contributed by atoms with Gasteiger partial charge in [0.05, 0.1) is 13.2 Å². The Morgan fingerprint density at radius 1 is 1.18 bits per heavy atom. The van der Waals surface area contributed by atoms with Crippen LogP contribution >= 0.6 is 0 Å². The third-order valence-corrected chi connectivity index (χ3v) is 8.79. The van der Waals surface area contributed by atoms with Gasteiger partial charge >= 0.3 is 12.1 Å². The van der Waals surface area contributed by atoms with E-state index in [1.54, 1.807) is 24.5 Å². The van der Waals surface area contributed by atoms with Crippen LogP contribution in [0.2, 0.25) is 0 Å². The lowest BCUT2D eigenvalue weighted by Gasteiger charge is -2.47. The second-order valence-electron chi connectivity index (χ2n) is 8.72. The number of carboxylic acids is 1. The second-order valence-corrected chi connectivity index (χ2v) is 10.5. The van der Waals surface area contributed by atoms with E-state index in [1.807, 2.05) is 0 Å². The first-order valence-corrected chi connectivity index (χ1v) is 12.7. The summed E-state index contributed by atoms with van der Waals surface area (Å²) >= 11 is 0. The molecule has 2 unspecified atom stereocenters. The van der Waals surface area contributed by atoms with Crippen molar-refractivity contribution in [2.75, 3.05) is 46.5 Å². The number of aliphatic carboxylic acids is 1. The standard InChI is InChI=1S/C21H30N4O8S/c1-31-12-13-32-20(28)23-14-16-2-7-21(15-23,19(26)27)25(16)34(29,30)24-10-5-18(6-11-24)33-17-3-8-22-9-4-17/h3-4,8-9,16,18H,2,5-7,10-15H2,1H3,(H,26,27). The lowest BCUT2D eigenvalue weighted by atomic mass is 9.97. The minimum Gasteiger partial charge on any atom is -0.490 e. The summed E-state index contributed by atoms with van der Waals surface area (Å²) in [6.45, 7) is 0.524. The summed E-state index contributed by atoms with van der Waals surface area (Å²) in [5.41, 5.74) is -1.72. The van der Waals surface area contributed by atoms with E-state index in [2.05, 4.69) is 4.98 Å². The van der Waals surface area contributed by atoms with Gasteiger partial charge in [-0.2, -0.15) is 17.0 Å². The van der Waals surface area contributed by atoms with Crippen LogP contribution in [0.3, 0.4) is 0 Å². The van der Waals surface area contributed by atoms with E-state index in [1.165, 1.54) is 16.3 Å². The average Bonchev–Trinajstić information content (AvgIpc) is 3.09. The number of hydrogen-bond donors (Lipinski definition) is 1. The van der Waals surface area contributed by atoms with E-state index in [0.717, 1.165) is 4.31 Å². The van der Waals surface area contributed by atoms with E-state index < -0.39 is 33.9 Å². The largest absolute Gasteiger partial charge is 0.490 e. The third kappa shape index (κ3) is 4.69. The number of carbonyl (C=O) groups is 2. The van der Waals surface area contributed by atoms with E-state index in [4.69, 9.17) is 14.2 Å². The van der Waals surface area contributed by atoms with Crippen LogP contribution in [0.4, 0.5) is 4.79 Å². The minimum atomic E-state index is -4.07. The summed E-state index contributed by atoms with van der Waals surface area (Å²) in [5.74, 6) is -0.587. The third-order valence-electron chi connectivity index (χ3n) is 6.63. The molecule has 0 saturated carbocycles. The van der Waals surface area contributed by atoms with Gasteiger partial charge in [-0.3, -0.25) is 9.78 Å². The molecule has 1 aromatic heterocycles. The fourth-order valence-corrected chi connectivity index (χ4v) is 7.10. The van der Waals surface area contributed by atoms with Crippen LogP contribution in [0, 0.1) is 0 Å². The summed E-state index contributed by atoms with van der Waals surface area (Å²) in [4.78, 5) is 30.1. The molecule has 13 heteroatoms. The highest BCUT2D eigenvalue weighted by atomic mass is 32.2. The summed E-state index contributed by atoms with van der Waals surface area (Å²) in [6.07, 6.45) is 3.91. The van der Waals surface area contributed by atoms with E-state index in [9.17, 15) is 23.1 Å². The first-order valence-electron chi connectivity index (χ1n) is 11.3. The zero-order chi connectivity index (χ0) is 24.3. The second kappa shape index (κ2) is 10.0. The van der Waals surface area contributed by atoms with Crippen molar-refractivity contribution >= 4 is 22.3 Å². The number of carboxylic acid groups (broad SMARTS) is 1. The maximum atomic E-state index is 13.7. The Morgan fingerprint density at radius 3 is 2.53 bits per heavy atom. The summed E-state index contributed by atoms with van der Waals surface area (Å²) in [7, 11) is -2.59. The highest BCUT2D eigenvalue weighted by molar-refractivity contribution is 7.86. The van der Waals surface area contributed by atoms with Crippen molar-refractivity contribution in [3.05, 3.63) is 24.5 Å². The van der Waals surface area contributed by atoms with Crippen LogP contribution in [-0.2, 0) is 24.5 Å². The monoisotopic (exact) mass is 498 g/mol. The number of rotatable bonds is 8. The topological polar surface area (TPSA) is 139 Å². The molecule has 2 bridgehead atoms. The number of piperazine rings is 1. The van der Waals surface area contributed by atoms with Crippen LogP contribution < -0.4 is 4.74 Å². The molecule has 0 aromatic carbocycles. The lowest BCUT2D eigenvalue weighted by Crippen LogP contribution is -2.69. The van der Waals surface area contributed by atoms with E-state index in [0.29, 0.717) is 25.0 Å². The maximum Gasteiger partial charge on any atom is 0.409 e. The average molecular weight is 499 g/mol. The van der Waals surface area contributed by atoms with Gasteiger partial charge in [0.2, 0.25) is 0 Å². The molecule has 3 fully saturated rings. The van der Waals surface area contributed by atoms with Crippen LogP contribution in [-0.4, -0.2) is 108 Å². The Bertz CT molecular complexity index is 986. The zero-order valence-corrected chi connectivity index (χ0v) is 19.9. The SMILES string of the molecule is COCCOC(=O)N1CC2CCC(C(=O)O)(C1)N2S(=O)(=O)N1CCC(Oc2ccncc2)CC1. The zero-order valence-electron chi connectivity index (χ0n) is 19.0. The summed E-state index contributed by atoms with van der Waals surface area (Å²) < 4.78 is 45.7. The number of hydrogen-bond acceptors (Lipinski definition) is 8. The quantitative estimate of drug-likeness (QED) is 0.509. The van der Waals surface area contributed by atoms with Gasteiger partial charge in [-0.15, -0.1) is 0 Å². The Kier molecular flexibility index (Phi) is 7.26. The van der Waals surface area contributed by atoms with Crippen molar-refractivity contribution in [3.63, 3.8) is 0 Å². The number of fused-ring (bicyclic) bond motifs is 2. The molecule has 3 aliphatic rings. The predicted molar refractivity (Wildman–Crippen MR) is 118 cm³/mol. The number of nitrogens with zero attached hydrogens (tertiary/aromatic N) is 4. The molecule has 1 aromatic rings. The Hall–Kier alpha value is -2.48. The number of pyridine rings is 1. The van der Waals surface area contributed by atoms with Crippen molar-refractivity contribution in [2.24, 2.45) is 0 Å². The van der Waals surface area contributed by atoms with Gasteiger partial charge in [-0.25, -0.2) is 4.79 Å². The summed E-state index contributed by atoms with van der Waals surface area (Å²) in [5, 5.41) is 10.1. The minimum absolute atomic E-state index is 0.0368. The number of aromatic nitrogens is 1. The van der Waals surface area contributed by atoms with Crippen LogP contribution in [0.25, 0.3) is 0 Å². The van der Waals surface area contributed by atoms with Crippen molar-refractivity contribution in [3.8, 4) is 5.75 Å². The first-order chi connectivity index (χ1) is 16.3. The number of ether oxygens (including phenoxy) is 3. The van der Waals surface area contributed by atoms with Crippen molar-refractivity contribution in [1.29, 1.82) is 0 Å². The predicted octanol–water partition coefficient (Wildman–Crippen LogP) is 0.556. The Labute approximate surface area is 198 Å². The molecule has 3 saturated heterocycles. The summed E-state index contributed by atoms with van der Waals surface area (Å²) in [6, 6.07) is 2.87. The van der Waals surface area contributed by atoms with Crippen molar-refractivity contribution < 1.29 is 37.3 Å². The smallest absolute Gasteiger partial charge is 0.409 e. The highest BCUT2D eigenvalue weighted by Crippen LogP contribution is 2.43. The first kappa shape index (κ1) is 24.6. The fraction of sp³-hybridized carbons (Fsp3) is 0.667. The molecule has 34 heavy (non-hydrogen) atoms. The number of amides is 1. The molecule has 0 spiro atoms. The highest BCUT2D eigenvalue weighted by Gasteiger charge is 2.63. The van der Waals surface area contributed by atoms with Crippen LogP contribution in [0.1, 0.15) is 25.7 Å². The van der Waals surface area contributed by atoms with Gasteiger partial charge in [0.1, 0.15) is 18.5 Å². The Balaban J connectivity index is 1.45. The number of methoxy groups -OCH3 is 1. The van der Waals surface area contributed by atoms with Gasteiger partial charge in [0.25, 0.3) is 10.2 Å². The molecular weight excluding hydrogens is 468 g/mol. The lowest BCUT2D eigenvalue weighted by molar-refractivity contribution is -0.150. The van der Waals surface area contributed by atoms with Crippen molar-refractivity contribution in [2.45, 2.75) is 43.4 Å². The van der Waals surface area contributed by atoms with Crippen LogP contribution in [0.15, 0.2) is 24.5 Å². The molecule has 4 rings (SSSR count). The molecule has 1 N–H and O–H groups in total. The van der Waals surface area contributed by atoms with Gasteiger partial charge in [0, 0.05) is 45.2 Å². The molecule has 0 radical (unpaired) electrons. The maximum absolute atomic E-state index is 13.7. The van der Waals surface area contributed by atoms with Crippen molar-refractivity contribution in [1.82, 2.24) is 18.5 Å². The molecule has 12 nitrogen and oxygen atoms in total. The molecule has 188 valence electrons. The van der Waals surface area contributed by atoms with Gasteiger partial charge < -0.3 is 24.2 Å². The number of carbonyl (C=O) groups excluding carboxylic acids is 1. The number of likely N-dealkylation sites (tertiary alicyclic amines) is 1. The van der Waals surface area contributed by atoms with E-state index in [-0.39, 0.29) is 51.9 Å². The normalized spacial score (nSPS) is 26.4. The molecular formula is C21H30N4O8S. The molecule has 4 heterocycles. The molecule has 2 atom stereocenters. The number of piperidine rings is 1. The molecule has 3 aliphatic heterocycles. The molecule has 1 amide bonds. The fourth-order valence-electron chi connectivity index (χ4n) is 4.97.